The van der Waals surface area contributed by atoms with E-state index in [1.807, 2.05) is 76.2 Å². The number of aryl methyl sites for hydroxylation is 2. The van der Waals surface area contributed by atoms with Gasteiger partial charge < -0.3 is 10.2 Å². The molecule has 0 heterocycles. The van der Waals surface area contributed by atoms with Gasteiger partial charge in [0.2, 0.25) is 11.8 Å². The zero-order chi connectivity index (χ0) is 21.2. The van der Waals surface area contributed by atoms with E-state index in [1.165, 1.54) is 0 Å². The molecule has 0 radical (unpaired) electrons. The Labute approximate surface area is 175 Å². The monoisotopic (exact) mass is 394 g/mol. The molecule has 0 bridgehead atoms. The first-order valence-corrected chi connectivity index (χ1v) is 10.6. The molecule has 0 aliphatic rings. The van der Waals surface area contributed by atoms with Gasteiger partial charge in [-0.3, -0.25) is 9.59 Å². The lowest BCUT2D eigenvalue weighted by Crippen LogP contribution is -2.50. The van der Waals surface area contributed by atoms with Gasteiger partial charge in [0.25, 0.3) is 0 Å². The molecule has 2 aromatic rings. The Morgan fingerprint density at radius 3 is 2.28 bits per heavy atom. The van der Waals surface area contributed by atoms with Crippen molar-refractivity contribution in [1.82, 2.24) is 10.2 Å². The Bertz CT molecular complexity index is 788. The molecule has 4 nitrogen and oxygen atoms in total. The van der Waals surface area contributed by atoms with Crippen molar-refractivity contribution >= 4 is 11.8 Å². The lowest BCUT2D eigenvalue weighted by atomic mass is 10.0. The summed E-state index contributed by atoms with van der Waals surface area (Å²) >= 11 is 0. The number of hydrogen-bond acceptors (Lipinski definition) is 2. The van der Waals surface area contributed by atoms with Crippen molar-refractivity contribution in [2.75, 3.05) is 0 Å². The van der Waals surface area contributed by atoms with Gasteiger partial charge in [-0.1, -0.05) is 74.0 Å². The average molecular weight is 395 g/mol. The average Bonchev–Trinajstić information content (AvgIpc) is 2.72. The third-order valence-electron chi connectivity index (χ3n) is 5.29. The van der Waals surface area contributed by atoms with Gasteiger partial charge in [0.05, 0.1) is 0 Å². The number of rotatable bonds is 10. The molecule has 0 saturated heterocycles. The van der Waals surface area contributed by atoms with Gasteiger partial charge >= 0.3 is 0 Å². The first kappa shape index (κ1) is 22.7. The molecule has 4 heteroatoms. The molecular weight excluding hydrogens is 360 g/mol. The van der Waals surface area contributed by atoms with E-state index in [1.54, 1.807) is 4.90 Å². The Morgan fingerprint density at radius 1 is 0.966 bits per heavy atom. The molecule has 0 unspecified atom stereocenters. The molecule has 0 aliphatic heterocycles. The minimum atomic E-state index is -0.465. The maximum Gasteiger partial charge on any atom is 0.243 e. The highest BCUT2D eigenvalue weighted by Gasteiger charge is 2.28. The number of nitrogens with zero attached hydrogens (tertiary/aromatic N) is 1. The van der Waals surface area contributed by atoms with Crippen LogP contribution in [0.2, 0.25) is 0 Å². The topological polar surface area (TPSA) is 49.4 Å². The summed E-state index contributed by atoms with van der Waals surface area (Å²) in [7, 11) is 0. The van der Waals surface area contributed by atoms with Gasteiger partial charge in [0.15, 0.2) is 0 Å². The van der Waals surface area contributed by atoms with Crippen LogP contribution in [0.5, 0.6) is 0 Å². The molecule has 2 amide bonds. The van der Waals surface area contributed by atoms with E-state index in [0.29, 0.717) is 25.8 Å². The fourth-order valence-electron chi connectivity index (χ4n) is 3.41. The van der Waals surface area contributed by atoms with Crippen LogP contribution in [0.4, 0.5) is 0 Å². The van der Waals surface area contributed by atoms with Crippen molar-refractivity contribution in [3.05, 3.63) is 71.3 Å². The number of amides is 2. The zero-order valence-electron chi connectivity index (χ0n) is 18.2. The van der Waals surface area contributed by atoms with E-state index in [9.17, 15) is 9.59 Å². The van der Waals surface area contributed by atoms with Crippen LogP contribution < -0.4 is 5.32 Å². The maximum atomic E-state index is 13.2. The standard InChI is InChI=1S/C25H34N2O2/c1-5-20(4)26-25(29)23(6-2)27(18-22-14-10-11-19(3)17-22)24(28)16-15-21-12-8-7-9-13-21/h7-14,17,20,23H,5-6,15-16,18H2,1-4H3,(H,26,29)/t20-,23+/m0/s1. The van der Waals surface area contributed by atoms with Crippen molar-refractivity contribution in [3.63, 3.8) is 0 Å². The third kappa shape index (κ3) is 7.04. The smallest absolute Gasteiger partial charge is 0.243 e. The van der Waals surface area contributed by atoms with Crippen LogP contribution in [-0.2, 0) is 22.6 Å². The second-order valence-electron chi connectivity index (χ2n) is 7.74. The summed E-state index contributed by atoms with van der Waals surface area (Å²) in [5, 5.41) is 3.05. The zero-order valence-corrected chi connectivity index (χ0v) is 18.2. The van der Waals surface area contributed by atoms with Crippen molar-refractivity contribution in [3.8, 4) is 0 Å². The molecule has 0 aliphatic carbocycles. The minimum absolute atomic E-state index is 0.0153. The van der Waals surface area contributed by atoms with Gasteiger partial charge in [-0.05, 0) is 44.2 Å². The van der Waals surface area contributed by atoms with Gasteiger partial charge in [-0.2, -0.15) is 0 Å². The predicted molar refractivity (Wildman–Crippen MR) is 118 cm³/mol. The number of carbonyl (C=O) groups is 2. The van der Waals surface area contributed by atoms with Crippen molar-refractivity contribution in [2.45, 2.75) is 72.0 Å². The molecule has 0 aromatic heterocycles. The fraction of sp³-hybridized carbons (Fsp3) is 0.440. The van der Waals surface area contributed by atoms with Crippen LogP contribution in [0.3, 0.4) is 0 Å². The summed E-state index contributed by atoms with van der Waals surface area (Å²) in [5.74, 6) is -0.0518. The second-order valence-corrected chi connectivity index (χ2v) is 7.74. The summed E-state index contributed by atoms with van der Waals surface area (Å²) in [6, 6.07) is 17.8. The molecule has 2 aromatic carbocycles. The van der Waals surface area contributed by atoms with Gasteiger partial charge in [0, 0.05) is 19.0 Å². The number of benzene rings is 2. The van der Waals surface area contributed by atoms with Crippen molar-refractivity contribution in [1.29, 1.82) is 0 Å². The van der Waals surface area contributed by atoms with E-state index in [4.69, 9.17) is 0 Å². The highest BCUT2D eigenvalue weighted by atomic mass is 16.2. The Hall–Kier alpha value is -2.62. The normalized spacial score (nSPS) is 12.8. The summed E-state index contributed by atoms with van der Waals surface area (Å²) in [6.45, 7) is 8.49. The molecule has 0 fully saturated rings. The van der Waals surface area contributed by atoms with Gasteiger partial charge in [0.1, 0.15) is 6.04 Å². The quantitative estimate of drug-likeness (QED) is 0.638. The Morgan fingerprint density at radius 2 is 1.66 bits per heavy atom. The van der Waals surface area contributed by atoms with Crippen molar-refractivity contribution in [2.24, 2.45) is 0 Å². The van der Waals surface area contributed by atoms with Crippen LogP contribution in [0.1, 0.15) is 56.7 Å². The molecule has 0 spiro atoms. The SMILES string of the molecule is CC[C@H](C(=O)N[C@@H](C)CC)N(Cc1cccc(C)c1)C(=O)CCc1ccccc1. The molecule has 156 valence electrons. The third-order valence-corrected chi connectivity index (χ3v) is 5.29. The predicted octanol–water partition coefficient (Wildman–Crippen LogP) is 4.65. The minimum Gasteiger partial charge on any atom is -0.352 e. The van der Waals surface area contributed by atoms with Gasteiger partial charge in [-0.15, -0.1) is 0 Å². The molecule has 1 N–H and O–H groups in total. The second kappa shape index (κ2) is 11.4. The van der Waals surface area contributed by atoms with Crippen LogP contribution >= 0.6 is 0 Å². The van der Waals surface area contributed by atoms with E-state index in [2.05, 4.69) is 11.4 Å². The van der Waals surface area contributed by atoms with Crippen LogP contribution in [0.15, 0.2) is 54.6 Å². The lowest BCUT2D eigenvalue weighted by molar-refractivity contribution is -0.141. The molecule has 0 saturated carbocycles. The van der Waals surface area contributed by atoms with Crippen molar-refractivity contribution < 1.29 is 9.59 Å². The maximum absolute atomic E-state index is 13.2. The van der Waals surface area contributed by atoms with Crippen LogP contribution in [0, 0.1) is 6.92 Å². The summed E-state index contributed by atoms with van der Waals surface area (Å²) in [6.07, 6.45) is 2.52. The first-order valence-electron chi connectivity index (χ1n) is 10.6. The van der Waals surface area contributed by atoms with E-state index in [-0.39, 0.29) is 17.9 Å². The lowest BCUT2D eigenvalue weighted by Gasteiger charge is -2.31. The van der Waals surface area contributed by atoms with Crippen LogP contribution in [0.25, 0.3) is 0 Å². The summed E-state index contributed by atoms with van der Waals surface area (Å²) in [5.41, 5.74) is 3.33. The summed E-state index contributed by atoms with van der Waals surface area (Å²) < 4.78 is 0. The molecular formula is C25H34N2O2. The van der Waals surface area contributed by atoms with E-state index < -0.39 is 6.04 Å². The molecule has 29 heavy (non-hydrogen) atoms. The number of hydrogen-bond donors (Lipinski definition) is 1. The van der Waals surface area contributed by atoms with Gasteiger partial charge in [-0.25, -0.2) is 0 Å². The largest absolute Gasteiger partial charge is 0.352 e. The first-order chi connectivity index (χ1) is 13.9. The Kier molecular flexibility index (Phi) is 8.91. The fourth-order valence-corrected chi connectivity index (χ4v) is 3.41. The highest BCUT2D eigenvalue weighted by Crippen LogP contribution is 2.16. The van der Waals surface area contributed by atoms with E-state index in [0.717, 1.165) is 23.1 Å². The highest BCUT2D eigenvalue weighted by molar-refractivity contribution is 5.87. The molecule has 2 atom stereocenters. The number of nitrogens with one attached hydrogen (secondary N) is 1. The molecule has 2 rings (SSSR count). The van der Waals surface area contributed by atoms with Crippen LogP contribution in [-0.4, -0.2) is 28.8 Å². The number of carbonyl (C=O) groups excluding carboxylic acids is 2. The summed E-state index contributed by atoms with van der Waals surface area (Å²) in [4.78, 5) is 27.9. The Balaban J connectivity index is 2.20. The van der Waals surface area contributed by atoms with E-state index >= 15 is 0 Å².